The molecule has 0 radical (unpaired) electrons. The summed E-state index contributed by atoms with van der Waals surface area (Å²) in [6.45, 7) is 5.36. The first-order valence-corrected chi connectivity index (χ1v) is 11.7. The summed E-state index contributed by atoms with van der Waals surface area (Å²) in [6.07, 6.45) is 6.98. The van der Waals surface area contributed by atoms with Crippen molar-refractivity contribution in [2.24, 2.45) is 11.3 Å². The predicted molar refractivity (Wildman–Crippen MR) is 119 cm³/mol. The van der Waals surface area contributed by atoms with Gasteiger partial charge in [0, 0.05) is 5.75 Å². The third-order valence-electron chi connectivity index (χ3n) is 6.40. The van der Waals surface area contributed by atoms with Crippen LogP contribution in [0.25, 0.3) is 11.0 Å². The molecule has 1 saturated carbocycles. The van der Waals surface area contributed by atoms with E-state index >= 15 is 0 Å². The number of aliphatic carboxylic acids is 2. The van der Waals surface area contributed by atoms with Crippen molar-refractivity contribution < 1.29 is 19.8 Å². The van der Waals surface area contributed by atoms with Crippen molar-refractivity contribution in [1.82, 2.24) is 9.55 Å². The molecule has 164 valence electrons. The first-order chi connectivity index (χ1) is 14.2. The van der Waals surface area contributed by atoms with Crippen molar-refractivity contribution in [2.75, 3.05) is 5.75 Å². The molecule has 0 saturated heterocycles. The molecule has 1 aliphatic carbocycles. The summed E-state index contributed by atoms with van der Waals surface area (Å²) in [5, 5.41) is 20.6. The van der Waals surface area contributed by atoms with Crippen LogP contribution in [-0.4, -0.2) is 37.5 Å². The third kappa shape index (κ3) is 4.36. The Labute approximate surface area is 182 Å². The van der Waals surface area contributed by atoms with E-state index < -0.39 is 29.3 Å². The number of aromatic nitrogens is 2. The van der Waals surface area contributed by atoms with Crippen LogP contribution in [0.3, 0.4) is 0 Å². The maximum atomic E-state index is 12.7. The van der Waals surface area contributed by atoms with Crippen molar-refractivity contribution in [2.45, 2.75) is 76.4 Å². The highest BCUT2D eigenvalue weighted by Crippen LogP contribution is 2.45. The second-order valence-corrected chi connectivity index (χ2v) is 10.4. The number of fused-ring (bicyclic) bond motifs is 1. The Morgan fingerprint density at radius 1 is 1.13 bits per heavy atom. The molecule has 2 aromatic rings. The highest BCUT2D eigenvalue weighted by Gasteiger charge is 2.54. The fourth-order valence-corrected chi connectivity index (χ4v) is 5.83. The molecule has 2 N–H and O–H groups in total. The number of rotatable bonds is 8. The molecule has 1 aromatic carbocycles. The molecule has 1 aliphatic rings. The number of hydrogen-bond donors (Lipinski definition) is 2. The van der Waals surface area contributed by atoms with Gasteiger partial charge in [0.05, 0.1) is 17.5 Å². The van der Waals surface area contributed by atoms with E-state index in [9.17, 15) is 19.8 Å². The van der Waals surface area contributed by atoms with Gasteiger partial charge in [0.1, 0.15) is 0 Å². The number of para-hydroxylation sites is 2. The maximum absolute atomic E-state index is 12.7. The number of carboxylic acid groups (broad SMARTS) is 2. The molecule has 3 rings (SSSR count). The minimum absolute atomic E-state index is 0.512. The minimum Gasteiger partial charge on any atom is -0.481 e. The summed E-state index contributed by atoms with van der Waals surface area (Å²) in [4.78, 5) is 29.3. The van der Waals surface area contributed by atoms with Gasteiger partial charge in [-0.2, -0.15) is 0 Å². The number of imidazole rings is 1. The number of carbonyl (C=O) groups is 2. The molecule has 0 bridgehead atoms. The van der Waals surface area contributed by atoms with Gasteiger partial charge in [-0.3, -0.25) is 4.79 Å². The second kappa shape index (κ2) is 9.00. The lowest BCUT2D eigenvalue weighted by Gasteiger charge is -2.42. The lowest BCUT2D eigenvalue weighted by atomic mass is 9.71. The Balaban J connectivity index is 2.05. The average Bonchev–Trinajstić information content (AvgIpc) is 3.04. The molecule has 1 heterocycles. The fraction of sp³-hybridized carbons (Fsp3) is 0.609. The summed E-state index contributed by atoms with van der Waals surface area (Å²) in [7, 11) is 0. The largest absolute Gasteiger partial charge is 0.481 e. The Kier molecular flexibility index (Phi) is 6.80. The Hall–Kier alpha value is -2.02. The molecular formula is C23H32N2O4S. The number of carboxylic acids is 2. The highest BCUT2D eigenvalue weighted by atomic mass is 32.2. The lowest BCUT2D eigenvalue weighted by molar-refractivity contribution is -0.161. The number of nitrogens with zero attached hydrogens (tertiary/aromatic N) is 2. The molecule has 30 heavy (non-hydrogen) atoms. The monoisotopic (exact) mass is 432 g/mol. The summed E-state index contributed by atoms with van der Waals surface area (Å²) >= 11 is 1.55. The van der Waals surface area contributed by atoms with Gasteiger partial charge in [-0.25, -0.2) is 9.78 Å². The van der Waals surface area contributed by atoms with Crippen LogP contribution >= 0.6 is 11.8 Å². The van der Waals surface area contributed by atoms with Crippen molar-refractivity contribution in [1.29, 1.82) is 0 Å². The molecule has 6 nitrogen and oxygen atoms in total. The Bertz CT molecular complexity index is 912. The van der Waals surface area contributed by atoms with Crippen LogP contribution in [0.1, 0.15) is 65.7 Å². The normalized spacial score (nSPS) is 17.7. The second-order valence-electron chi connectivity index (χ2n) is 9.35. The molecule has 1 unspecified atom stereocenters. The maximum Gasteiger partial charge on any atom is 0.331 e. The topological polar surface area (TPSA) is 92.4 Å². The van der Waals surface area contributed by atoms with Crippen LogP contribution in [0.15, 0.2) is 29.4 Å². The number of thioether (sulfide) groups is 1. The number of benzene rings is 1. The zero-order valence-electron chi connectivity index (χ0n) is 18.1. The quantitative estimate of drug-likeness (QED) is 0.543. The van der Waals surface area contributed by atoms with Crippen LogP contribution in [0.2, 0.25) is 0 Å². The summed E-state index contributed by atoms with van der Waals surface area (Å²) in [6, 6.07) is 7.39. The molecule has 1 fully saturated rings. The summed E-state index contributed by atoms with van der Waals surface area (Å²) in [5.41, 5.74) is -1.14. The van der Waals surface area contributed by atoms with Crippen LogP contribution < -0.4 is 0 Å². The van der Waals surface area contributed by atoms with Crippen LogP contribution in [-0.2, 0) is 15.1 Å². The molecule has 1 aromatic heterocycles. The van der Waals surface area contributed by atoms with E-state index in [1.807, 2.05) is 24.3 Å². The first-order valence-electron chi connectivity index (χ1n) is 10.7. The van der Waals surface area contributed by atoms with Crippen molar-refractivity contribution in [3.8, 4) is 0 Å². The van der Waals surface area contributed by atoms with Crippen LogP contribution in [0, 0.1) is 11.3 Å². The van der Waals surface area contributed by atoms with Gasteiger partial charge >= 0.3 is 11.9 Å². The summed E-state index contributed by atoms with van der Waals surface area (Å²) in [5.74, 6) is -0.714. The van der Waals surface area contributed by atoms with Gasteiger partial charge in [-0.15, -0.1) is 0 Å². The van der Waals surface area contributed by atoms with E-state index in [2.05, 4.69) is 0 Å². The van der Waals surface area contributed by atoms with Gasteiger partial charge in [-0.05, 0) is 29.9 Å². The predicted octanol–water partition coefficient (Wildman–Crippen LogP) is 5.40. The molecule has 0 amide bonds. The molecule has 1 atom stereocenters. The van der Waals surface area contributed by atoms with Gasteiger partial charge in [0.25, 0.3) is 0 Å². The Morgan fingerprint density at radius 3 is 2.40 bits per heavy atom. The first kappa shape index (κ1) is 22.7. The van der Waals surface area contributed by atoms with Crippen molar-refractivity contribution in [3.05, 3.63) is 24.3 Å². The smallest absolute Gasteiger partial charge is 0.331 e. The van der Waals surface area contributed by atoms with Gasteiger partial charge < -0.3 is 14.8 Å². The van der Waals surface area contributed by atoms with Crippen molar-refractivity contribution >= 4 is 34.7 Å². The molecule has 0 aliphatic heterocycles. The van der Waals surface area contributed by atoms with E-state index in [1.54, 1.807) is 37.1 Å². The molecule has 7 heteroatoms. The SMILES string of the molecule is CC(C)(C)C(CC(=O)O)(C(=O)O)n1c(SCCC2CCCCC2)nc2ccccc21. The van der Waals surface area contributed by atoms with Gasteiger partial charge in [-0.1, -0.05) is 76.8 Å². The van der Waals surface area contributed by atoms with Crippen molar-refractivity contribution in [3.63, 3.8) is 0 Å². The average molecular weight is 433 g/mol. The van der Waals surface area contributed by atoms with E-state index in [1.165, 1.54) is 32.1 Å². The molecular weight excluding hydrogens is 400 g/mol. The summed E-state index contributed by atoms with van der Waals surface area (Å²) < 4.78 is 1.68. The minimum atomic E-state index is -1.65. The van der Waals surface area contributed by atoms with Gasteiger partial charge in [0.15, 0.2) is 10.7 Å². The third-order valence-corrected chi connectivity index (χ3v) is 7.37. The standard InChI is InChI=1S/C23H32N2O4S/c1-22(2,3)23(20(28)29,15-19(26)27)25-18-12-8-7-11-17(18)24-21(25)30-14-13-16-9-5-4-6-10-16/h7-8,11-12,16H,4-6,9-10,13-15H2,1-3H3,(H,26,27)(H,28,29). The molecule has 0 spiro atoms. The van der Waals surface area contributed by atoms with Crippen LogP contribution in [0.5, 0.6) is 0 Å². The lowest BCUT2D eigenvalue weighted by Crippen LogP contribution is -2.53. The van der Waals surface area contributed by atoms with E-state index in [0.717, 1.165) is 18.1 Å². The highest BCUT2D eigenvalue weighted by molar-refractivity contribution is 7.99. The van der Waals surface area contributed by atoms with Gasteiger partial charge in [0.2, 0.25) is 0 Å². The van der Waals surface area contributed by atoms with E-state index in [4.69, 9.17) is 4.98 Å². The zero-order valence-corrected chi connectivity index (χ0v) is 18.9. The number of hydrogen-bond acceptors (Lipinski definition) is 4. The Morgan fingerprint density at radius 2 is 1.80 bits per heavy atom. The van der Waals surface area contributed by atoms with E-state index in [-0.39, 0.29) is 0 Å². The fourth-order valence-electron chi connectivity index (χ4n) is 4.65. The zero-order chi connectivity index (χ0) is 21.9. The van der Waals surface area contributed by atoms with E-state index in [0.29, 0.717) is 16.2 Å². The van der Waals surface area contributed by atoms with Crippen LogP contribution in [0.4, 0.5) is 0 Å².